The molecule has 6 nitrogen and oxygen atoms in total. The van der Waals surface area contributed by atoms with Crippen molar-refractivity contribution in [2.45, 2.75) is 43.6 Å². The summed E-state index contributed by atoms with van der Waals surface area (Å²) in [6.07, 6.45) is 3.76. The molecule has 1 saturated carbocycles. The van der Waals surface area contributed by atoms with E-state index in [1.807, 2.05) is 34.9 Å². The van der Waals surface area contributed by atoms with Crippen molar-refractivity contribution >= 4 is 18.1 Å². The topological polar surface area (TPSA) is 71.9 Å². The minimum atomic E-state index is -0.503. The SMILES string of the molecule is O=C(NCCn1c(C2CC2)n[nH]c1=S)C1(c2ccccc2)CCOCC1. The van der Waals surface area contributed by atoms with Crippen LogP contribution in [-0.4, -0.2) is 40.4 Å². The molecule has 2 aromatic rings. The van der Waals surface area contributed by atoms with Crippen LogP contribution in [0.2, 0.25) is 0 Å². The number of benzene rings is 1. The van der Waals surface area contributed by atoms with Gasteiger partial charge in [-0.3, -0.25) is 9.89 Å². The molecule has 26 heavy (non-hydrogen) atoms. The number of hydrogen-bond donors (Lipinski definition) is 2. The van der Waals surface area contributed by atoms with Crippen LogP contribution in [0.5, 0.6) is 0 Å². The zero-order chi connectivity index (χ0) is 18.0. The first-order chi connectivity index (χ1) is 12.7. The maximum Gasteiger partial charge on any atom is 0.230 e. The van der Waals surface area contributed by atoms with Gasteiger partial charge < -0.3 is 14.6 Å². The smallest absolute Gasteiger partial charge is 0.230 e. The normalized spacial score (nSPS) is 19.2. The third kappa shape index (κ3) is 3.33. The fourth-order valence-electron chi connectivity index (χ4n) is 3.77. The molecule has 1 aliphatic heterocycles. The highest BCUT2D eigenvalue weighted by atomic mass is 32.1. The lowest BCUT2D eigenvalue weighted by atomic mass is 9.73. The number of amides is 1. The number of nitrogens with one attached hydrogen (secondary N) is 2. The predicted molar refractivity (Wildman–Crippen MR) is 101 cm³/mol. The largest absolute Gasteiger partial charge is 0.381 e. The van der Waals surface area contributed by atoms with Gasteiger partial charge in [-0.05, 0) is 43.5 Å². The van der Waals surface area contributed by atoms with Gasteiger partial charge >= 0.3 is 0 Å². The van der Waals surface area contributed by atoms with E-state index in [9.17, 15) is 4.79 Å². The van der Waals surface area contributed by atoms with E-state index in [4.69, 9.17) is 17.0 Å². The third-order valence-corrected chi connectivity index (χ3v) is 5.77. The summed E-state index contributed by atoms with van der Waals surface area (Å²) in [5, 5.41) is 10.4. The van der Waals surface area contributed by atoms with Gasteiger partial charge in [0.1, 0.15) is 5.82 Å². The Balaban J connectivity index is 1.46. The summed E-state index contributed by atoms with van der Waals surface area (Å²) in [6, 6.07) is 10.1. The third-order valence-electron chi connectivity index (χ3n) is 5.46. The minimum Gasteiger partial charge on any atom is -0.381 e. The van der Waals surface area contributed by atoms with Gasteiger partial charge in [-0.25, -0.2) is 0 Å². The highest BCUT2D eigenvalue weighted by Crippen LogP contribution is 2.39. The minimum absolute atomic E-state index is 0.0787. The summed E-state index contributed by atoms with van der Waals surface area (Å²) in [5.41, 5.74) is 0.566. The molecule has 1 amide bonds. The fourth-order valence-corrected chi connectivity index (χ4v) is 4.00. The second-order valence-electron chi connectivity index (χ2n) is 7.13. The molecule has 4 rings (SSSR count). The van der Waals surface area contributed by atoms with E-state index in [1.54, 1.807) is 0 Å². The Kier molecular flexibility index (Phi) is 4.91. The zero-order valence-corrected chi connectivity index (χ0v) is 15.6. The van der Waals surface area contributed by atoms with E-state index in [1.165, 1.54) is 12.8 Å². The van der Waals surface area contributed by atoms with E-state index in [2.05, 4.69) is 15.5 Å². The van der Waals surface area contributed by atoms with Gasteiger partial charge in [0.2, 0.25) is 5.91 Å². The van der Waals surface area contributed by atoms with Crippen LogP contribution >= 0.6 is 12.2 Å². The van der Waals surface area contributed by atoms with Crippen LogP contribution in [0.15, 0.2) is 30.3 Å². The summed E-state index contributed by atoms with van der Waals surface area (Å²) < 4.78 is 8.16. The molecule has 0 unspecified atom stereocenters. The van der Waals surface area contributed by atoms with Crippen molar-refractivity contribution in [1.29, 1.82) is 0 Å². The van der Waals surface area contributed by atoms with Crippen LogP contribution in [0, 0.1) is 4.77 Å². The van der Waals surface area contributed by atoms with Crippen LogP contribution in [0.1, 0.15) is 43.0 Å². The van der Waals surface area contributed by atoms with Gasteiger partial charge in [-0.1, -0.05) is 30.3 Å². The van der Waals surface area contributed by atoms with Crippen LogP contribution in [0.4, 0.5) is 0 Å². The highest BCUT2D eigenvalue weighted by Gasteiger charge is 2.41. The number of rotatable bonds is 6. The van der Waals surface area contributed by atoms with E-state index in [0.717, 1.165) is 11.4 Å². The Morgan fingerprint density at radius 3 is 2.73 bits per heavy atom. The molecule has 0 spiro atoms. The molecule has 7 heteroatoms. The first-order valence-electron chi connectivity index (χ1n) is 9.27. The molecule has 2 aliphatic rings. The summed E-state index contributed by atoms with van der Waals surface area (Å²) in [4.78, 5) is 13.1. The Bertz CT molecular complexity index is 820. The van der Waals surface area contributed by atoms with Gasteiger partial charge in [0.05, 0.1) is 5.41 Å². The van der Waals surface area contributed by atoms with Crippen LogP contribution < -0.4 is 5.32 Å². The number of hydrogen-bond acceptors (Lipinski definition) is 4. The highest BCUT2D eigenvalue weighted by molar-refractivity contribution is 7.71. The van der Waals surface area contributed by atoms with E-state index in [-0.39, 0.29) is 5.91 Å². The molecule has 0 atom stereocenters. The van der Waals surface area contributed by atoms with Crippen molar-refractivity contribution in [3.8, 4) is 0 Å². The Hall–Kier alpha value is -1.99. The molecule has 0 radical (unpaired) electrons. The summed E-state index contributed by atoms with van der Waals surface area (Å²) in [7, 11) is 0. The fraction of sp³-hybridized carbons (Fsp3) is 0.526. The number of aromatic nitrogens is 3. The monoisotopic (exact) mass is 372 g/mol. The molecular formula is C19H24N4O2S. The zero-order valence-electron chi connectivity index (χ0n) is 14.7. The van der Waals surface area contributed by atoms with Gasteiger partial charge in [0.25, 0.3) is 0 Å². The maximum atomic E-state index is 13.1. The average Bonchev–Trinajstić information content (AvgIpc) is 3.47. The Morgan fingerprint density at radius 2 is 2.04 bits per heavy atom. The number of nitrogens with zero attached hydrogens (tertiary/aromatic N) is 2. The number of aromatic amines is 1. The number of ether oxygens (including phenoxy) is 1. The van der Waals surface area contributed by atoms with Crippen molar-refractivity contribution < 1.29 is 9.53 Å². The maximum absolute atomic E-state index is 13.1. The van der Waals surface area contributed by atoms with Crippen LogP contribution in [0.3, 0.4) is 0 Å². The van der Waals surface area contributed by atoms with Crippen molar-refractivity contribution in [1.82, 2.24) is 20.1 Å². The van der Waals surface area contributed by atoms with Crippen molar-refractivity contribution in [2.24, 2.45) is 0 Å². The molecule has 2 fully saturated rings. The summed E-state index contributed by atoms with van der Waals surface area (Å²) in [5.74, 6) is 1.62. The molecule has 2 heterocycles. The van der Waals surface area contributed by atoms with E-state index >= 15 is 0 Å². The first kappa shape index (κ1) is 17.4. The second-order valence-corrected chi connectivity index (χ2v) is 7.52. The van der Waals surface area contributed by atoms with Gasteiger partial charge in [-0.15, -0.1) is 0 Å². The lowest BCUT2D eigenvalue weighted by molar-refractivity contribution is -0.130. The quantitative estimate of drug-likeness (QED) is 0.765. The summed E-state index contributed by atoms with van der Waals surface area (Å²) in [6.45, 7) is 2.41. The van der Waals surface area contributed by atoms with E-state index < -0.39 is 5.41 Å². The van der Waals surface area contributed by atoms with Crippen molar-refractivity contribution in [3.05, 3.63) is 46.5 Å². The second kappa shape index (κ2) is 7.32. The Labute approximate surface area is 158 Å². The molecule has 1 saturated heterocycles. The van der Waals surface area contributed by atoms with Gasteiger partial charge in [0.15, 0.2) is 4.77 Å². The standard InChI is InChI=1S/C19H24N4O2S/c24-17(19(8-12-25-13-9-19)15-4-2-1-3-5-15)20-10-11-23-16(14-6-7-14)21-22-18(23)26/h1-5,14H,6-13H2,(H,20,24)(H,22,26). The predicted octanol–water partition coefficient (Wildman–Crippen LogP) is 2.68. The molecule has 0 bridgehead atoms. The molecular weight excluding hydrogens is 348 g/mol. The van der Waals surface area contributed by atoms with E-state index in [0.29, 0.717) is 49.8 Å². The average molecular weight is 372 g/mol. The van der Waals surface area contributed by atoms with Crippen molar-refractivity contribution in [3.63, 3.8) is 0 Å². The molecule has 1 aromatic heterocycles. The molecule has 2 N–H and O–H groups in total. The summed E-state index contributed by atoms with van der Waals surface area (Å²) >= 11 is 5.34. The Morgan fingerprint density at radius 1 is 1.31 bits per heavy atom. The molecule has 138 valence electrons. The number of carbonyl (C=O) groups is 1. The number of carbonyl (C=O) groups excluding carboxylic acids is 1. The lowest BCUT2D eigenvalue weighted by Gasteiger charge is -2.36. The molecule has 1 aliphatic carbocycles. The van der Waals surface area contributed by atoms with Crippen molar-refractivity contribution in [2.75, 3.05) is 19.8 Å². The lowest BCUT2D eigenvalue weighted by Crippen LogP contribution is -2.48. The van der Waals surface area contributed by atoms with Crippen LogP contribution in [-0.2, 0) is 21.5 Å². The van der Waals surface area contributed by atoms with Gasteiger partial charge in [0, 0.05) is 32.2 Å². The van der Waals surface area contributed by atoms with Gasteiger partial charge in [-0.2, -0.15) is 5.10 Å². The first-order valence-corrected chi connectivity index (χ1v) is 9.68. The number of H-pyrrole nitrogens is 1. The van der Waals surface area contributed by atoms with Crippen LogP contribution in [0.25, 0.3) is 0 Å². The molecule has 1 aromatic carbocycles.